The molecule has 1 fully saturated rings. The van der Waals surface area contributed by atoms with Gasteiger partial charge in [0.1, 0.15) is 11.9 Å². The summed E-state index contributed by atoms with van der Waals surface area (Å²) in [6.07, 6.45) is 6.26. The van der Waals surface area contributed by atoms with Crippen molar-refractivity contribution >= 4 is 11.6 Å². The first-order chi connectivity index (χ1) is 13.7. The number of amides is 1. The predicted molar refractivity (Wildman–Crippen MR) is 102 cm³/mol. The molecule has 0 unspecified atom stereocenters. The number of nitrogens with zero attached hydrogens (tertiary/aromatic N) is 4. The molecule has 1 N–H and O–H groups in total. The molecule has 1 aromatic heterocycles. The SMILES string of the molecule is O=C1CCc2cc(OCCCCc3nnnn3[C@@H]3CCCC[C@H]3F)ccc2N1. The maximum absolute atomic E-state index is 14.2. The van der Waals surface area contributed by atoms with Crippen molar-refractivity contribution in [2.45, 2.75) is 70.0 Å². The highest BCUT2D eigenvalue weighted by molar-refractivity contribution is 5.93. The van der Waals surface area contributed by atoms with E-state index in [0.717, 1.165) is 67.8 Å². The molecule has 150 valence electrons. The van der Waals surface area contributed by atoms with E-state index in [2.05, 4.69) is 20.8 Å². The summed E-state index contributed by atoms with van der Waals surface area (Å²) in [7, 11) is 0. The Labute approximate surface area is 163 Å². The van der Waals surface area contributed by atoms with Crippen LogP contribution in [0.5, 0.6) is 5.75 Å². The Kier molecular flexibility index (Phi) is 5.83. The summed E-state index contributed by atoms with van der Waals surface area (Å²) in [6, 6.07) is 5.56. The van der Waals surface area contributed by atoms with Gasteiger partial charge in [0, 0.05) is 18.5 Å². The number of nitrogens with one attached hydrogen (secondary N) is 1. The zero-order chi connectivity index (χ0) is 19.3. The van der Waals surface area contributed by atoms with Crippen LogP contribution in [0, 0.1) is 0 Å². The molecule has 0 bridgehead atoms. The van der Waals surface area contributed by atoms with Crippen molar-refractivity contribution in [3.8, 4) is 5.75 Å². The number of hydrogen-bond donors (Lipinski definition) is 1. The number of hydrogen-bond acceptors (Lipinski definition) is 5. The van der Waals surface area contributed by atoms with Crippen LogP contribution in [0.25, 0.3) is 0 Å². The van der Waals surface area contributed by atoms with E-state index in [-0.39, 0.29) is 11.9 Å². The molecule has 1 aliphatic carbocycles. The van der Waals surface area contributed by atoms with Gasteiger partial charge in [0.05, 0.1) is 12.6 Å². The molecule has 1 saturated carbocycles. The number of unbranched alkanes of at least 4 members (excludes halogenated alkanes) is 1. The zero-order valence-electron chi connectivity index (χ0n) is 15.9. The van der Waals surface area contributed by atoms with E-state index < -0.39 is 6.17 Å². The van der Waals surface area contributed by atoms with Gasteiger partial charge in [0.2, 0.25) is 5.91 Å². The molecule has 1 amide bonds. The van der Waals surface area contributed by atoms with Crippen molar-refractivity contribution < 1.29 is 13.9 Å². The third-order valence-electron chi connectivity index (χ3n) is 5.56. The van der Waals surface area contributed by atoms with E-state index in [9.17, 15) is 9.18 Å². The molecule has 0 spiro atoms. The molecule has 0 radical (unpaired) electrons. The van der Waals surface area contributed by atoms with Crippen LogP contribution < -0.4 is 10.1 Å². The van der Waals surface area contributed by atoms with Crippen LogP contribution in [-0.2, 0) is 17.6 Å². The Balaban J connectivity index is 1.24. The number of aromatic nitrogens is 4. The molecular formula is C20H26FN5O2. The number of anilines is 1. The molecule has 4 rings (SSSR count). The average Bonchev–Trinajstić information content (AvgIpc) is 3.16. The van der Waals surface area contributed by atoms with Gasteiger partial charge < -0.3 is 10.1 Å². The van der Waals surface area contributed by atoms with Gasteiger partial charge in [-0.15, -0.1) is 5.10 Å². The van der Waals surface area contributed by atoms with Gasteiger partial charge in [-0.25, -0.2) is 9.07 Å². The van der Waals surface area contributed by atoms with Gasteiger partial charge in [0.25, 0.3) is 0 Å². The third kappa shape index (κ3) is 4.31. The highest BCUT2D eigenvalue weighted by Crippen LogP contribution is 2.31. The largest absolute Gasteiger partial charge is 0.494 e. The fourth-order valence-electron chi connectivity index (χ4n) is 4.00. The number of halogens is 1. The van der Waals surface area contributed by atoms with E-state index in [1.807, 2.05) is 18.2 Å². The maximum Gasteiger partial charge on any atom is 0.224 e. The summed E-state index contributed by atoms with van der Waals surface area (Å²) >= 11 is 0. The topological polar surface area (TPSA) is 81.9 Å². The van der Waals surface area contributed by atoms with Crippen LogP contribution in [-0.4, -0.2) is 38.9 Å². The first-order valence-corrected chi connectivity index (χ1v) is 10.2. The Hall–Kier alpha value is -2.51. The minimum absolute atomic E-state index is 0.0656. The van der Waals surface area contributed by atoms with Crippen LogP contribution >= 0.6 is 0 Å². The van der Waals surface area contributed by atoms with E-state index >= 15 is 0 Å². The number of benzene rings is 1. The monoisotopic (exact) mass is 387 g/mol. The van der Waals surface area contributed by atoms with Crippen molar-refractivity contribution in [2.75, 3.05) is 11.9 Å². The van der Waals surface area contributed by atoms with Crippen molar-refractivity contribution in [3.63, 3.8) is 0 Å². The molecular weight excluding hydrogens is 361 g/mol. The standard InChI is InChI=1S/C20H26FN5O2/c21-16-5-1-2-6-18(16)26-19(23-24-25-26)7-3-4-12-28-15-9-10-17-14(13-15)8-11-20(27)22-17/h9-10,13,16,18H,1-8,11-12H2,(H,22,27)/t16-,18-/m1/s1. The number of fused-ring (bicyclic) bond motifs is 1. The molecule has 2 heterocycles. The lowest BCUT2D eigenvalue weighted by Crippen LogP contribution is -2.27. The van der Waals surface area contributed by atoms with Crippen molar-refractivity contribution in [1.82, 2.24) is 20.2 Å². The quantitative estimate of drug-likeness (QED) is 0.736. The number of aryl methyl sites for hydroxylation is 2. The van der Waals surface area contributed by atoms with Gasteiger partial charge in [-0.3, -0.25) is 4.79 Å². The van der Waals surface area contributed by atoms with Crippen LogP contribution in [0.4, 0.5) is 10.1 Å². The average molecular weight is 387 g/mol. The maximum atomic E-state index is 14.2. The van der Waals surface area contributed by atoms with Crippen molar-refractivity contribution in [3.05, 3.63) is 29.6 Å². The summed E-state index contributed by atoms with van der Waals surface area (Å²) in [5.41, 5.74) is 1.99. The molecule has 2 aromatic rings. The first-order valence-electron chi connectivity index (χ1n) is 10.2. The van der Waals surface area contributed by atoms with Gasteiger partial charge in [-0.1, -0.05) is 12.8 Å². The summed E-state index contributed by atoms with van der Waals surface area (Å²) in [5, 5.41) is 14.8. The first kappa shape index (κ1) is 18.8. The lowest BCUT2D eigenvalue weighted by molar-refractivity contribution is -0.116. The minimum atomic E-state index is -0.854. The fourth-order valence-corrected chi connectivity index (χ4v) is 4.00. The summed E-state index contributed by atoms with van der Waals surface area (Å²) in [5.74, 6) is 1.65. The lowest BCUT2D eigenvalue weighted by Gasteiger charge is -2.26. The number of ether oxygens (including phenoxy) is 1. The minimum Gasteiger partial charge on any atom is -0.494 e. The fraction of sp³-hybridized carbons (Fsp3) is 0.600. The Bertz CT molecular complexity index is 825. The van der Waals surface area contributed by atoms with E-state index in [0.29, 0.717) is 19.4 Å². The van der Waals surface area contributed by atoms with Gasteiger partial charge in [-0.2, -0.15) is 0 Å². The van der Waals surface area contributed by atoms with Crippen molar-refractivity contribution in [1.29, 1.82) is 0 Å². The highest BCUT2D eigenvalue weighted by Gasteiger charge is 2.29. The number of alkyl halides is 1. The third-order valence-corrected chi connectivity index (χ3v) is 5.56. The second-order valence-corrected chi connectivity index (χ2v) is 7.58. The lowest BCUT2D eigenvalue weighted by atomic mass is 9.93. The normalized spacial score (nSPS) is 21.8. The van der Waals surface area contributed by atoms with Crippen LogP contribution in [0.1, 0.15) is 62.4 Å². The van der Waals surface area contributed by atoms with Crippen molar-refractivity contribution in [2.24, 2.45) is 0 Å². The zero-order valence-corrected chi connectivity index (χ0v) is 15.9. The molecule has 1 aromatic carbocycles. The molecule has 0 saturated heterocycles. The van der Waals surface area contributed by atoms with E-state index in [1.54, 1.807) is 4.68 Å². The van der Waals surface area contributed by atoms with Gasteiger partial charge in [-0.05, 0) is 66.3 Å². The highest BCUT2D eigenvalue weighted by atomic mass is 19.1. The Morgan fingerprint density at radius 3 is 3.00 bits per heavy atom. The second-order valence-electron chi connectivity index (χ2n) is 7.58. The summed E-state index contributed by atoms with van der Waals surface area (Å²) in [4.78, 5) is 11.4. The Morgan fingerprint density at radius 1 is 1.21 bits per heavy atom. The summed E-state index contributed by atoms with van der Waals surface area (Å²) < 4.78 is 21.8. The van der Waals surface area contributed by atoms with E-state index in [4.69, 9.17) is 4.74 Å². The molecule has 28 heavy (non-hydrogen) atoms. The van der Waals surface area contributed by atoms with Gasteiger partial charge in [0.15, 0.2) is 5.82 Å². The van der Waals surface area contributed by atoms with Gasteiger partial charge >= 0.3 is 0 Å². The van der Waals surface area contributed by atoms with E-state index in [1.165, 1.54) is 0 Å². The molecule has 7 nitrogen and oxygen atoms in total. The Morgan fingerprint density at radius 2 is 2.11 bits per heavy atom. The smallest absolute Gasteiger partial charge is 0.224 e. The number of carbonyl (C=O) groups excluding carboxylic acids is 1. The molecule has 8 heteroatoms. The molecule has 1 aliphatic heterocycles. The number of tetrazole rings is 1. The van der Waals surface area contributed by atoms with Crippen LogP contribution in [0.3, 0.4) is 0 Å². The summed E-state index contributed by atoms with van der Waals surface area (Å²) in [6.45, 7) is 0.599. The second kappa shape index (κ2) is 8.67. The van der Waals surface area contributed by atoms with Crippen LogP contribution in [0.2, 0.25) is 0 Å². The number of carbonyl (C=O) groups is 1. The number of rotatable bonds is 7. The molecule has 2 aliphatic rings. The predicted octanol–water partition coefficient (Wildman–Crippen LogP) is 3.41. The molecule has 2 atom stereocenters. The van der Waals surface area contributed by atoms with Crippen LogP contribution in [0.15, 0.2) is 18.2 Å².